The molecule has 0 amide bonds. The zero-order valence-corrected chi connectivity index (χ0v) is 10.5. The lowest BCUT2D eigenvalue weighted by molar-refractivity contribution is -0.0861. The Kier molecular flexibility index (Phi) is 6.99. The van der Waals surface area contributed by atoms with Crippen molar-refractivity contribution in [2.45, 2.75) is 37.9 Å². The minimum absolute atomic E-state index is 0.0676. The monoisotopic (exact) mass is 246 g/mol. The lowest BCUT2D eigenvalue weighted by atomic mass is 9.93. The van der Waals surface area contributed by atoms with Crippen LogP contribution < -0.4 is 5.73 Å². The van der Waals surface area contributed by atoms with E-state index < -0.39 is 12.2 Å². The van der Waals surface area contributed by atoms with Crippen LogP contribution in [0.1, 0.15) is 25.7 Å². The van der Waals surface area contributed by atoms with E-state index in [4.69, 9.17) is 10.8 Å². The maximum atomic E-state index is 9.67. The quantitative estimate of drug-likeness (QED) is 0.439. The number of likely N-dealkylation sites (tertiary alicyclic amines) is 1. The van der Waals surface area contributed by atoms with Crippen LogP contribution in [-0.4, -0.2) is 65.2 Å². The Morgan fingerprint density at radius 3 is 2.41 bits per heavy atom. The lowest BCUT2D eigenvalue weighted by Gasteiger charge is -2.38. The smallest absolute Gasteiger partial charge is 0.0929 e. The van der Waals surface area contributed by atoms with E-state index in [1.807, 2.05) is 0 Å². The molecular weight excluding hydrogens is 220 g/mol. The summed E-state index contributed by atoms with van der Waals surface area (Å²) in [6, 6.07) is 0. The van der Waals surface area contributed by atoms with Crippen LogP contribution in [-0.2, 0) is 0 Å². The molecule has 1 aliphatic heterocycles. The number of nitrogens with zero attached hydrogens (tertiary/aromatic N) is 1. The van der Waals surface area contributed by atoms with E-state index in [0.29, 0.717) is 13.1 Å². The van der Waals surface area contributed by atoms with Crippen LogP contribution in [0.4, 0.5) is 0 Å². The van der Waals surface area contributed by atoms with E-state index in [1.54, 1.807) is 0 Å². The summed E-state index contributed by atoms with van der Waals surface area (Å²) in [5.74, 6) is -0.220. The molecule has 5 heteroatoms. The minimum Gasteiger partial charge on any atom is -0.396 e. The van der Waals surface area contributed by atoms with Gasteiger partial charge in [0.05, 0.1) is 12.2 Å². The largest absolute Gasteiger partial charge is 0.396 e. The Morgan fingerprint density at radius 2 is 1.76 bits per heavy atom. The topological polar surface area (TPSA) is 90.0 Å². The number of hydrogen-bond donors (Lipinski definition) is 4. The second-order valence-electron chi connectivity index (χ2n) is 4.96. The molecule has 1 saturated heterocycles. The fourth-order valence-corrected chi connectivity index (χ4v) is 2.38. The second-order valence-corrected chi connectivity index (χ2v) is 4.96. The average Bonchev–Trinajstić information content (AvgIpc) is 2.33. The molecule has 5 N–H and O–H groups in total. The summed E-state index contributed by atoms with van der Waals surface area (Å²) in [5.41, 5.74) is 5.42. The van der Waals surface area contributed by atoms with Crippen molar-refractivity contribution in [1.82, 2.24) is 4.90 Å². The zero-order chi connectivity index (χ0) is 12.7. The summed E-state index contributed by atoms with van der Waals surface area (Å²) in [5, 5.41) is 28.4. The molecule has 3 atom stereocenters. The number of hydrogen-bond acceptors (Lipinski definition) is 5. The van der Waals surface area contributed by atoms with Crippen molar-refractivity contribution in [3.8, 4) is 0 Å². The van der Waals surface area contributed by atoms with Crippen LogP contribution in [0.3, 0.4) is 0 Å². The predicted molar refractivity (Wildman–Crippen MR) is 66.6 cm³/mol. The van der Waals surface area contributed by atoms with Gasteiger partial charge in [0.1, 0.15) is 0 Å². The van der Waals surface area contributed by atoms with Gasteiger partial charge in [0, 0.05) is 25.6 Å². The van der Waals surface area contributed by atoms with Gasteiger partial charge in [-0.05, 0) is 25.9 Å². The highest BCUT2D eigenvalue weighted by Gasteiger charge is 2.33. The van der Waals surface area contributed by atoms with Gasteiger partial charge >= 0.3 is 0 Å². The van der Waals surface area contributed by atoms with Crippen LogP contribution >= 0.6 is 0 Å². The number of rotatable bonds is 7. The molecule has 0 spiro atoms. The second kappa shape index (κ2) is 8.00. The van der Waals surface area contributed by atoms with Gasteiger partial charge < -0.3 is 26.0 Å². The molecule has 0 aromatic carbocycles. The molecule has 0 bridgehead atoms. The first-order valence-electron chi connectivity index (χ1n) is 6.58. The highest BCUT2D eigenvalue weighted by Crippen LogP contribution is 2.18. The van der Waals surface area contributed by atoms with Gasteiger partial charge in [0.2, 0.25) is 0 Å². The van der Waals surface area contributed by atoms with Crippen molar-refractivity contribution >= 4 is 0 Å². The third-order valence-electron chi connectivity index (χ3n) is 3.48. The van der Waals surface area contributed by atoms with Crippen molar-refractivity contribution in [3.05, 3.63) is 0 Å². The molecule has 0 aliphatic carbocycles. The molecule has 5 nitrogen and oxygen atoms in total. The summed E-state index contributed by atoms with van der Waals surface area (Å²) in [7, 11) is 0. The van der Waals surface area contributed by atoms with Gasteiger partial charge in [-0.2, -0.15) is 0 Å². The molecule has 1 rings (SSSR count). The number of piperidine rings is 1. The standard InChI is InChI=1S/C12H26N2O3/c13-5-3-1-2-4-6-14-7-10(9-15)12(17)11(16)8-14/h10-12,15-17H,1-9,13H2/t10-,11-,12-/m1/s1. The molecule has 17 heavy (non-hydrogen) atoms. The Hall–Kier alpha value is -0.200. The van der Waals surface area contributed by atoms with Crippen molar-refractivity contribution in [1.29, 1.82) is 0 Å². The zero-order valence-electron chi connectivity index (χ0n) is 10.5. The van der Waals surface area contributed by atoms with E-state index in [0.717, 1.165) is 38.8 Å². The minimum atomic E-state index is -0.784. The van der Waals surface area contributed by atoms with Gasteiger partial charge in [-0.15, -0.1) is 0 Å². The normalized spacial score (nSPS) is 30.7. The fourth-order valence-electron chi connectivity index (χ4n) is 2.38. The first-order chi connectivity index (χ1) is 8.19. The Labute approximate surface area is 103 Å². The van der Waals surface area contributed by atoms with Gasteiger partial charge in [-0.25, -0.2) is 0 Å². The summed E-state index contributed by atoms with van der Waals surface area (Å²) >= 11 is 0. The number of β-amino-alcohol motifs (C(OH)–C–C–N with tert-alkyl or cyclic N) is 1. The van der Waals surface area contributed by atoms with Gasteiger partial charge in [-0.1, -0.05) is 12.8 Å². The van der Waals surface area contributed by atoms with E-state index >= 15 is 0 Å². The highest BCUT2D eigenvalue weighted by atomic mass is 16.3. The summed E-state index contributed by atoms with van der Waals surface area (Å²) in [6.07, 6.45) is 2.94. The third kappa shape index (κ3) is 4.89. The third-order valence-corrected chi connectivity index (χ3v) is 3.48. The number of aliphatic hydroxyl groups excluding tert-OH is 3. The first-order valence-corrected chi connectivity index (χ1v) is 6.58. The maximum absolute atomic E-state index is 9.67. The van der Waals surface area contributed by atoms with Crippen molar-refractivity contribution in [3.63, 3.8) is 0 Å². The summed E-state index contributed by atoms with van der Waals surface area (Å²) < 4.78 is 0. The van der Waals surface area contributed by atoms with Crippen LogP contribution in [0.5, 0.6) is 0 Å². The Balaban J connectivity index is 2.20. The van der Waals surface area contributed by atoms with Crippen LogP contribution in [0, 0.1) is 5.92 Å². The number of unbranched alkanes of at least 4 members (excludes halogenated alkanes) is 3. The van der Waals surface area contributed by atoms with Crippen molar-refractivity contribution < 1.29 is 15.3 Å². The molecule has 0 radical (unpaired) electrons. The average molecular weight is 246 g/mol. The molecule has 0 saturated carbocycles. The highest BCUT2D eigenvalue weighted by molar-refractivity contribution is 4.86. The Bertz CT molecular complexity index is 204. The van der Waals surface area contributed by atoms with Crippen molar-refractivity contribution in [2.75, 3.05) is 32.8 Å². The van der Waals surface area contributed by atoms with Crippen LogP contribution in [0.2, 0.25) is 0 Å². The first kappa shape index (κ1) is 14.9. The molecular formula is C12H26N2O3. The predicted octanol–water partition coefficient (Wildman–Crippen LogP) is -0.849. The van der Waals surface area contributed by atoms with Gasteiger partial charge in [0.25, 0.3) is 0 Å². The number of nitrogens with two attached hydrogens (primary N) is 1. The molecule has 0 aromatic rings. The van der Waals surface area contributed by atoms with Crippen LogP contribution in [0.15, 0.2) is 0 Å². The molecule has 1 aliphatic rings. The Morgan fingerprint density at radius 1 is 1.06 bits per heavy atom. The molecule has 0 aromatic heterocycles. The van der Waals surface area contributed by atoms with Gasteiger partial charge in [0.15, 0.2) is 0 Å². The van der Waals surface area contributed by atoms with E-state index in [9.17, 15) is 10.2 Å². The molecule has 0 unspecified atom stereocenters. The van der Waals surface area contributed by atoms with E-state index in [2.05, 4.69) is 4.90 Å². The molecule has 102 valence electrons. The summed E-state index contributed by atoms with van der Waals surface area (Å²) in [6.45, 7) is 2.79. The van der Waals surface area contributed by atoms with Crippen LogP contribution in [0.25, 0.3) is 0 Å². The van der Waals surface area contributed by atoms with E-state index in [-0.39, 0.29) is 12.5 Å². The molecule has 1 heterocycles. The number of aliphatic hydroxyl groups is 3. The lowest BCUT2D eigenvalue weighted by Crippen LogP contribution is -2.53. The molecule has 1 fully saturated rings. The summed E-state index contributed by atoms with van der Waals surface area (Å²) in [4.78, 5) is 2.13. The van der Waals surface area contributed by atoms with Gasteiger partial charge in [-0.3, -0.25) is 0 Å². The SMILES string of the molecule is NCCCCCCN1C[C@H](CO)[C@@H](O)[C@H](O)C1. The maximum Gasteiger partial charge on any atom is 0.0929 e. The van der Waals surface area contributed by atoms with Crippen molar-refractivity contribution in [2.24, 2.45) is 11.7 Å². The van der Waals surface area contributed by atoms with E-state index in [1.165, 1.54) is 0 Å². The fraction of sp³-hybridized carbons (Fsp3) is 1.00.